The van der Waals surface area contributed by atoms with Gasteiger partial charge in [-0.25, -0.2) is 0 Å². The lowest BCUT2D eigenvalue weighted by molar-refractivity contribution is 0.281. The highest BCUT2D eigenvalue weighted by Gasteiger charge is 2.09. The molecule has 1 heterocycles. The van der Waals surface area contributed by atoms with E-state index in [9.17, 15) is 0 Å². The number of nitrogens with two attached hydrogens (primary N) is 1. The fourth-order valence-electron chi connectivity index (χ4n) is 1.37. The molecule has 0 fully saturated rings. The number of hydrogen-bond donors (Lipinski definition) is 2. The first-order valence-electron chi connectivity index (χ1n) is 4.66. The molecule has 0 aliphatic rings. The second-order valence-corrected chi connectivity index (χ2v) is 4.24. The molecule has 0 aliphatic heterocycles. The van der Waals surface area contributed by atoms with Crippen LogP contribution in [-0.2, 0) is 0 Å². The van der Waals surface area contributed by atoms with Crippen LogP contribution in [-0.4, -0.2) is 11.7 Å². The van der Waals surface area contributed by atoms with Gasteiger partial charge in [-0.05, 0) is 43.2 Å². The third-order valence-electron chi connectivity index (χ3n) is 2.16. The summed E-state index contributed by atoms with van der Waals surface area (Å²) >= 11 is 1.73. The van der Waals surface area contributed by atoms with Crippen LogP contribution in [0.25, 0.3) is 0 Å². The monoisotopic (exact) mass is 199 g/mol. The fourth-order valence-corrected chi connectivity index (χ4v) is 2.34. The predicted octanol–water partition coefficient (Wildman–Crippen LogP) is 2.22. The Bertz CT molecular complexity index is 247. The van der Waals surface area contributed by atoms with Gasteiger partial charge in [0.15, 0.2) is 0 Å². The van der Waals surface area contributed by atoms with E-state index in [1.165, 1.54) is 10.4 Å². The number of rotatable bonds is 5. The summed E-state index contributed by atoms with van der Waals surface area (Å²) in [5.74, 6) is 0. The number of thiophene rings is 1. The molecular weight excluding hydrogens is 182 g/mol. The first kappa shape index (κ1) is 10.7. The molecule has 0 aromatic carbocycles. The minimum Gasteiger partial charge on any atom is -0.396 e. The van der Waals surface area contributed by atoms with Gasteiger partial charge in [0.1, 0.15) is 0 Å². The summed E-state index contributed by atoms with van der Waals surface area (Å²) in [7, 11) is 0. The van der Waals surface area contributed by atoms with E-state index in [4.69, 9.17) is 10.8 Å². The van der Waals surface area contributed by atoms with Crippen LogP contribution in [0.15, 0.2) is 11.4 Å². The molecule has 74 valence electrons. The lowest BCUT2D eigenvalue weighted by atomic mass is 10.1. The largest absolute Gasteiger partial charge is 0.396 e. The van der Waals surface area contributed by atoms with E-state index in [-0.39, 0.29) is 12.6 Å². The molecule has 0 aliphatic carbocycles. The maximum Gasteiger partial charge on any atom is 0.0431 e. The summed E-state index contributed by atoms with van der Waals surface area (Å²) < 4.78 is 0. The number of aryl methyl sites for hydroxylation is 1. The first-order chi connectivity index (χ1) is 6.25. The van der Waals surface area contributed by atoms with E-state index in [2.05, 4.69) is 18.4 Å². The van der Waals surface area contributed by atoms with Gasteiger partial charge >= 0.3 is 0 Å². The molecule has 0 saturated heterocycles. The highest BCUT2D eigenvalue weighted by atomic mass is 32.1. The summed E-state index contributed by atoms with van der Waals surface area (Å²) in [4.78, 5) is 1.29. The van der Waals surface area contributed by atoms with Gasteiger partial charge in [0.25, 0.3) is 0 Å². The quantitative estimate of drug-likeness (QED) is 0.714. The molecule has 3 N–H and O–H groups in total. The molecule has 0 saturated carbocycles. The Labute approximate surface area is 83.4 Å². The first-order valence-corrected chi connectivity index (χ1v) is 5.54. The van der Waals surface area contributed by atoms with Crippen molar-refractivity contribution in [3.63, 3.8) is 0 Å². The van der Waals surface area contributed by atoms with Crippen molar-refractivity contribution < 1.29 is 5.11 Å². The van der Waals surface area contributed by atoms with Gasteiger partial charge in [-0.1, -0.05) is 0 Å². The van der Waals surface area contributed by atoms with E-state index in [0.29, 0.717) is 0 Å². The molecule has 0 radical (unpaired) electrons. The Morgan fingerprint density at radius 3 is 2.85 bits per heavy atom. The maximum atomic E-state index is 8.63. The second-order valence-electron chi connectivity index (χ2n) is 3.29. The average molecular weight is 199 g/mol. The lowest BCUT2D eigenvalue weighted by Gasteiger charge is -2.09. The van der Waals surface area contributed by atoms with E-state index >= 15 is 0 Å². The zero-order valence-corrected chi connectivity index (χ0v) is 8.81. The van der Waals surface area contributed by atoms with Crippen molar-refractivity contribution in [2.45, 2.75) is 32.2 Å². The molecule has 1 rings (SSSR count). The van der Waals surface area contributed by atoms with Gasteiger partial charge in [-0.2, -0.15) is 0 Å². The zero-order valence-electron chi connectivity index (χ0n) is 7.99. The molecule has 0 bridgehead atoms. The van der Waals surface area contributed by atoms with E-state index in [1.54, 1.807) is 11.3 Å². The maximum absolute atomic E-state index is 8.63. The predicted molar refractivity (Wildman–Crippen MR) is 56.9 cm³/mol. The Balaban J connectivity index is 2.39. The van der Waals surface area contributed by atoms with E-state index in [1.807, 2.05) is 0 Å². The van der Waals surface area contributed by atoms with Crippen molar-refractivity contribution in [1.29, 1.82) is 0 Å². The number of unbranched alkanes of at least 4 members (excludes halogenated alkanes) is 1. The van der Waals surface area contributed by atoms with Crippen LogP contribution in [0.4, 0.5) is 0 Å². The van der Waals surface area contributed by atoms with Gasteiger partial charge in [0, 0.05) is 17.5 Å². The molecule has 2 nitrogen and oxygen atoms in total. The van der Waals surface area contributed by atoms with Crippen molar-refractivity contribution in [1.82, 2.24) is 0 Å². The van der Waals surface area contributed by atoms with Gasteiger partial charge in [-0.15, -0.1) is 11.3 Å². The standard InChI is InChI=1S/C10H17NOS/c1-8-5-7-13-10(8)9(11)4-2-3-6-12/h5,7,9,12H,2-4,6,11H2,1H3/t9-/m1/s1. The molecule has 0 spiro atoms. The van der Waals surface area contributed by atoms with Crippen LogP contribution < -0.4 is 5.73 Å². The molecule has 3 heteroatoms. The molecule has 13 heavy (non-hydrogen) atoms. The summed E-state index contributed by atoms with van der Waals surface area (Å²) in [6.45, 7) is 2.37. The topological polar surface area (TPSA) is 46.2 Å². The third-order valence-corrected chi connectivity index (χ3v) is 3.31. The molecule has 0 amide bonds. The minimum absolute atomic E-state index is 0.159. The highest BCUT2D eigenvalue weighted by molar-refractivity contribution is 7.10. The fraction of sp³-hybridized carbons (Fsp3) is 0.600. The van der Waals surface area contributed by atoms with Crippen molar-refractivity contribution >= 4 is 11.3 Å². The smallest absolute Gasteiger partial charge is 0.0431 e. The lowest BCUT2D eigenvalue weighted by Crippen LogP contribution is -2.09. The van der Waals surface area contributed by atoms with Gasteiger partial charge < -0.3 is 10.8 Å². The van der Waals surface area contributed by atoms with E-state index in [0.717, 1.165) is 19.3 Å². The van der Waals surface area contributed by atoms with Crippen molar-refractivity contribution in [2.75, 3.05) is 6.61 Å². The van der Waals surface area contributed by atoms with Crippen LogP contribution >= 0.6 is 11.3 Å². The van der Waals surface area contributed by atoms with Gasteiger partial charge in [0.2, 0.25) is 0 Å². The van der Waals surface area contributed by atoms with Crippen LogP contribution in [0.1, 0.15) is 35.7 Å². The summed E-state index contributed by atoms with van der Waals surface area (Å²) in [6.07, 6.45) is 2.84. The Kier molecular flexibility index (Phi) is 4.42. The molecule has 1 aromatic heterocycles. The van der Waals surface area contributed by atoms with Crippen molar-refractivity contribution in [3.05, 3.63) is 21.9 Å². The minimum atomic E-state index is 0.159. The normalized spacial score (nSPS) is 13.2. The van der Waals surface area contributed by atoms with Crippen LogP contribution in [0, 0.1) is 6.92 Å². The Morgan fingerprint density at radius 1 is 1.54 bits per heavy atom. The summed E-state index contributed by atoms with van der Waals surface area (Å²) in [5, 5.41) is 10.7. The van der Waals surface area contributed by atoms with E-state index < -0.39 is 0 Å². The Hall–Kier alpha value is -0.380. The molecule has 1 aromatic rings. The van der Waals surface area contributed by atoms with Gasteiger partial charge in [0.05, 0.1) is 0 Å². The Morgan fingerprint density at radius 2 is 2.31 bits per heavy atom. The molecule has 1 atom stereocenters. The van der Waals surface area contributed by atoms with Crippen LogP contribution in [0.2, 0.25) is 0 Å². The highest BCUT2D eigenvalue weighted by Crippen LogP contribution is 2.25. The summed E-state index contributed by atoms with van der Waals surface area (Å²) in [6, 6.07) is 2.26. The molecular formula is C10H17NOS. The van der Waals surface area contributed by atoms with Crippen molar-refractivity contribution in [3.8, 4) is 0 Å². The number of hydrogen-bond acceptors (Lipinski definition) is 3. The average Bonchev–Trinajstić information content (AvgIpc) is 2.52. The van der Waals surface area contributed by atoms with Gasteiger partial charge in [-0.3, -0.25) is 0 Å². The van der Waals surface area contributed by atoms with Crippen molar-refractivity contribution in [2.24, 2.45) is 5.73 Å². The summed E-state index contributed by atoms with van der Waals surface area (Å²) in [5.41, 5.74) is 7.30. The van der Waals surface area contributed by atoms with Crippen LogP contribution in [0.3, 0.4) is 0 Å². The number of aliphatic hydroxyl groups is 1. The number of aliphatic hydroxyl groups excluding tert-OH is 1. The van der Waals surface area contributed by atoms with Crippen LogP contribution in [0.5, 0.6) is 0 Å². The zero-order chi connectivity index (χ0) is 9.68. The SMILES string of the molecule is Cc1ccsc1[C@H](N)CCCCO. The second kappa shape index (κ2) is 5.37. The third kappa shape index (κ3) is 3.10. The molecule has 0 unspecified atom stereocenters.